The monoisotopic (exact) mass is 537 g/mol. The van der Waals surface area contributed by atoms with E-state index >= 15 is 8.78 Å². The average Bonchev–Trinajstić information content (AvgIpc) is 3.45. The molecule has 0 aliphatic carbocycles. The van der Waals surface area contributed by atoms with Crippen LogP contribution in [0.2, 0.25) is 0 Å². The van der Waals surface area contributed by atoms with Crippen molar-refractivity contribution in [3.8, 4) is 5.75 Å². The molecule has 0 saturated carbocycles. The highest BCUT2D eigenvalue weighted by atomic mass is 19.4. The number of likely N-dealkylation sites (tertiary alicyclic amines) is 1. The minimum absolute atomic E-state index is 0.0755. The molecule has 0 radical (unpaired) electrons. The summed E-state index contributed by atoms with van der Waals surface area (Å²) in [4.78, 5) is 28.6. The third-order valence-electron chi connectivity index (χ3n) is 7.04. The quantitative estimate of drug-likeness (QED) is 0.384. The second-order valence-electron chi connectivity index (χ2n) is 9.59. The number of hydrogen-bond acceptors (Lipinski definition) is 5. The summed E-state index contributed by atoms with van der Waals surface area (Å²) >= 11 is 0. The Balaban J connectivity index is 1.55. The predicted molar refractivity (Wildman–Crippen MR) is 127 cm³/mol. The molecule has 1 aromatic heterocycles. The second-order valence-corrected chi connectivity index (χ2v) is 9.59. The Kier molecular flexibility index (Phi) is 6.54. The molecule has 3 atom stereocenters. The lowest BCUT2D eigenvalue weighted by Gasteiger charge is -2.42. The summed E-state index contributed by atoms with van der Waals surface area (Å²) < 4.78 is 82.9. The summed E-state index contributed by atoms with van der Waals surface area (Å²) in [5.41, 5.74) is 0.546. The maximum Gasteiger partial charge on any atom is 0.417 e. The number of carbonyl (C=O) groups excluding carboxylic acids is 1. The molecule has 1 N–H and O–H groups in total. The molecule has 1 saturated heterocycles. The Labute approximate surface area is 213 Å². The maximum atomic E-state index is 15.6. The topological polar surface area (TPSA) is 78.8 Å². The van der Waals surface area contributed by atoms with Gasteiger partial charge in [-0.25, -0.2) is 13.6 Å². The first-order valence-electron chi connectivity index (χ1n) is 12.0. The maximum absolute atomic E-state index is 15.6. The minimum Gasteiger partial charge on any atom is -0.488 e. The molecule has 1 fully saturated rings. The summed E-state index contributed by atoms with van der Waals surface area (Å²) in [7, 11) is 0. The van der Waals surface area contributed by atoms with Gasteiger partial charge in [0.15, 0.2) is 5.58 Å². The minimum atomic E-state index is -4.64. The summed E-state index contributed by atoms with van der Waals surface area (Å²) in [6, 6.07) is 2.54. The predicted octanol–water partition coefficient (Wildman–Crippen LogP) is 4.46. The van der Waals surface area contributed by atoms with Crippen LogP contribution in [0.5, 0.6) is 5.75 Å². The molecule has 5 rings (SSSR count). The van der Waals surface area contributed by atoms with Crippen molar-refractivity contribution in [1.82, 2.24) is 14.8 Å². The summed E-state index contributed by atoms with van der Waals surface area (Å²) in [5, 5.41) is 0. The molecule has 12 heteroatoms. The number of fused-ring (bicyclic) bond motifs is 3. The molecule has 2 aliphatic rings. The normalized spacial score (nSPS) is 22.1. The van der Waals surface area contributed by atoms with E-state index in [1.165, 1.54) is 30.0 Å². The number of ether oxygens (including phenoxy) is 1. The van der Waals surface area contributed by atoms with Gasteiger partial charge in [-0.2, -0.15) is 13.2 Å². The van der Waals surface area contributed by atoms with Gasteiger partial charge in [0.05, 0.1) is 24.6 Å². The zero-order valence-corrected chi connectivity index (χ0v) is 20.3. The molecule has 0 bridgehead atoms. The molecule has 0 unspecified atom stereocenters. The Bertz CT molecular complexity index is 1440. The van der Waals surface area contributed by atoms with Crippen LogP contribution in [0.3, 0.4) is 0 Å². The van der Waals surface area contributed by atoms with Crippen molar-refractivity contribution in [3.63, 3.8) is 0 Å². The number of aromatic nitrogens is 1. The van der Waals surface area contributed by atoms with E-state index in [-0.39, 0.29) is 35.8 Å². The molecule has 3 aromatic rings. The van der Waals surface area contributed by atoms with Crippen molar-refractivity contribution >= 4 is 17.0 Å². The number of amides is 1. The Morgan fingerprint density at radius 2 is 1.97 bits per heavy atom. The van der Waals surface area contributed by atoms with E-state index in [1.807, 2.05) is 0 Å². The van der Waals surface area contributed by atoms with Gasteiger partial charge < -0.3 is 14.1 Å². The molecule has 38 heavy (non-hydrogen) atoms. The lowest BCUT2D eigenvalue weighted by atomic mass is 9.84. The molecule has 7 nitrogen and oxygen atoms in total. The number of oxazole rings is 1. The Morgan fingerprint density at radius 1 is 1.26 bits per heavy atom. The van der Waals surface area contributed by atoms with Gasteiger partial charge in [-0.05, 0) is 31.1 Å². The number of halogens is 5. The van der Waals surface area contributed by atoms with Crippen LogP contribution < -0.4 is 10.5 Å². The largest absolute Gasteiger partial charge is 0.488 e. The van der Waals surface area contributed by atoms with Gasteiger partial charge >= 0.3 is 11.9 Å². The molecule has 0 spiro atoms. The molecule has 202 valence electrons. The fourth-order valence-corrected chi connectivity index (χ4v) is 5.41. The summed E-state index contributed by atoms with van der Waals surface area (Å²) in [6.45, 7) is 4.15. The Hall–Kier alpha value is -3.67. The fourth-order valence-electron chi connectivity index (χ4n) is 5.41. The van der Waals surface area contributed by atoms with E-state index in [2.05, 4.69) is 11.6 Å². The molecule has 1 amide bonds. The van der Waals surface area contributed by atoms with Crippen molar-refractivity contribution in [1.29, 1.82) is 0 Å². The zero-order valence-electron chi connectivity index (χ0n) is 20.3. The van der Waals surface area contributed by atoms with Gasteiger partial charge in [0.25, 0.3) is 0 Å². The van der Waals surface area contributed by atoms with Crippen molar-refractivity contribution < 1.29 is 35.9 Å². The van der Waals surface area contributed by atoms with Crippen molar-refractivity contribution in [2.45, 2.75) is 44.1 Å². The molecule has 2 aliphatic heterocycles. The lowest BCUT2D eigenvalue weighted by molar-refractivity contribution is -0.155. The molecule has 2 aromatic carbocycles. The van der Waals surface area contributed by atoms with E-state index in [0.29, 0.717) is 24.0 Å². The van der Waals surface area contributed by atoms with E-state index < -0.39 is 53.9 Å². The summed E-state index contributed by atoms with van der Waals surface area (Å²) in [5.74, 6) is -3.32. The van der Waals surface area contributed by atoms with E-state index in [0.717, 1.165) is 17.0 Å². The number of nitrogens with zero attached hydrogens (tertiary/aromatic N) is 2. The fraction of sp³-hybridized carbons (Fsp3) is 0.385. The molecular formula is C26H24F5N3O4. The number of hydrogen-bond donors (Lipinski definition) is 1. The lowest BCUT2D eigenvalue weighted by Crippen LogP contribution is -2.47. The van der Waals surface area contributed by atoms with Crippen LogP contribution in [0.1, 0.15) is 36.1 Å². The van der Waals surface area contributed by atoms with Gasteiger partial charge in [0.1, 0.15) is 23.5 Å². The van der Waals surface area contributed by atoms with Crippen molar-refractivity contribution in [3.05, 3.63) is 75.8 Å². The van der Waals surface area contributed by atoms with Gasteiger partial charge in [-0.15, -0.1) is 0 Å². The van der Waals surface area contributed by atoms with Gasteiger partial charge in [0.2, 0.25) is 5.91 Å². The third-order valence-corrected chi connectivity index (χ3v) is 7.04. The molecular weight excluding hydrogens is 513 g/mol. The van der Waals surface area contributed by atoms with Crippen LogP contribution in [-0.2, 0) is 11.2 Å². The van der Waals surface area contributed by atoms with Gasteiger partial charge in [-0.3, -0.25) is 14.7 Å². The van der Waals surface area contributed by atoms with Crippen LogP contribution in [-0.4, -0.2) is 58.6 Å². The first-order chi connectivity index (χ1) is 17.9. The van der Waals surface area contributed by atoms with Gasteiger partial charge in [-0.1, -0.05) is 12.6 Å². The second kappa shape index (κ2) is 9.57. The van der Waals surface area contributed by atoms with Crippen molar-refractivity contribution in [2.75, 3.05) is 19.6 Å². The highest BCUT2D eigenvalue weighted by molar-refractivity contribution is 5.87. The zero-order chi connectivity index (χ0) is 27.4. The third kappa shape index (κ3) is 4.80. The standard InChI is InChI=1S/C26H24F5N3O4/c1-3-21(35)33-7-6-14(11-33)37-15-9-18(27)22(19(28)10-15)23-16-4-5-20-24(38-25(36)32-20)17(16)8-13(2)34(23)12-26(29,30)31/h3-5,9-10,13-14,23H,1,6-8,11-12H2,2H3,(H,32,36)/t13-,14+,23+/m1/s1. The van der Waals surface area contributed by atoms with E-state index in [9.17, 15) is 22.8 Å². The summed E-state index contributed by atoms with van der Waals surface area (Å²) in [6.07, 6.45) is -3.47. The number of aromatic amines is 1. The number of rotatable bonds is 5. The Morgan fingerprint density at radius 3 is 2.63 bits per heavy atom. The van der Waals surface area contributed by atoms with Crippen LogP contribution in [0.25, 0.3) is 11.1 Å². The van der Waals surface area contributed by atoms with Crippen LogP contribution in [0.4, 0.5) is 22.0 Å². The highest BCUT2D eigenvalue weighted by Crippen LogP contribution is 2.44. The van der Waals surface area contributed by atoms with E-state index in [1.54, 1.807) is 0 Å². The highest BCUT2D eigenvalue weighted by Gasteiger charge is 2.43. The number of H-pyrrole nitrogens is 1. The number of nitrogens with one attached hydrogen (secondary N) is 1. The number of carbonyl (C=O) groups is 1. The first kappa shape index (κ1) is 26.0. The van der Waals surface area contributed by atoms with Crippen LogP contribution in [0, 0.1) is 11.6 Å². The SMILES string of the molecule is C=CC(=O)N1CC[C@H](Oc2cc(F)c([C@@H]3c4ccc5[nH]c(=O)oc5c4C[C@@H](C)N3CC(F)(F)F)c(F)c2)C1. The van der Waals surface area contributed by atoms with Crippen LogP contribution >= 0.6 is 0 Å². The number of benzene rings is 2. The molecule has 3 heterocycles. The smallest absolute Gasteiger partial charge is 0.417 e. The van der Waals surface area contributed by atoms with Crippen molar-refractivity contribution in [2.24, 2.45) is 0 Å². The van der Waals surface area contributed by atoms with Gasteiger partial charge in [0, 0.05) is 42.3 Å². The van der Waals surface area contributed by atoms with E-state index in [4.69, 9.17) is 9.15 Å². The first-order valence-corrected chi connectivity index (χ1v) is 12.0. The van der Waals surface area contributed by atoms with Crippen LogP contribution in [0.15, 0.2) is 46.1 Å². The average molecular weight is 537 g/mol. The number of alkyl halides is 3.